The second kappa shape index (κ2) is 44.2. The van der Waals surface area contributed by atoms with Crippen molar-refractivity contribution in [3.8, 4) is 0 Å². The Balaban J connectivity index is -0.000000162. The van der Waals surface area contributed by atoms with Crippen LogP contribution in [-0.4, -0.2) is 87.4 Å². The molecule has 0 aliphatic carbocycles. The topological polar surface area (TPSA) is 151 Å². The Bertz CT molecular complexity index is 654. The molecule has 0 N–H and O–H groups in total. The molecule has 0 amide bonds. The smallest absolute Gasteiger partial charge is 0.545 e. The van der Waals surface area contributed by atoms with Crippen LogP contribution >= 0.6 is 0 Å². The number of carboxylic acids is 2. The predicted molar refractivity (Wildman–Crippen MR) is 176 cm³/mol. The fourth-order valence-electron chi connectivity index (χ4n) is 2.82. The Morgan fingerprint density at radius 3 is 1.16 bits per heavy atom. The van der Waals surface area contributed by atoms with Crippen LogP contribution in [0, 0.1) is 13.8 Å². The maximum atomic E-state index is 10.8. The van der Waals surface area contributed by atoms with Crippen LogP contribution in [0.25, 0.3) is 0 Å². The van der Waals surface area contributed by atoms with Crippen LogP contribution in [0.5, 0.6) is 0 Å². The van der Waals surface area contributed by atoms with Crippen LogP contribution < -0.4 is 10.2 Å². The van der Waals surface area contributed by atoms with Crippen molar-refractivity contribution in [1.29, 1.82) is 0 Å². The predicted octanol–water partition coefficient (Wildman–Crippen LogP) is 4.50. The molecule has 2 atom stereocenters. The monoisotopic (exact) mass is 748 g/mol. The third kappa shape index (κ3) is 58.2. The van der Waals surface area contributed by atoms with Crippen molar-refractivity contribution in [1.82, 2.24) is 0 Å². The molecular weight excluding hydrogens is 687 g/mol. The van der Waals surface area contributed by atoms with E-state index in [0.29, 0.717) is 25.0 Å². The first-order valence-electron chi connectivity index (χ1n) is 15.7. The van der Waals surface area contributed by atoms with E-state index in [4.69, 9.17) is 9.47 Å². The summed E-state index contributed by atoms with van der Waals surface area (Å²) in [5, 5.41) is 19.8. The minimum atomic E-state index is -1.42. The fraction of sp³-hybridized carbons (Fsp3) is 0.706. The zero-order chi connectivity index (χ0) is 34.4. The summed E-state index contributed by atoms with van der Waals surface area (Å²) in [6.07, 6.45) is 20.0. The summed E-state index contributed by atoms with van der Waals surface area (Å²) in [5.74, 6) is -4.24. The average Bonchev–Trinajstić information content (AvgIpc) is 3.00. The Hall–Kier alpha value is -1.92. The van der Waals surface area contributed by atoms with Crippen molar-refractivity contribution >= 4 is 47.8 Å². The van der Waals surface area contributed by atoms with Gasteiger partial charge in [-0.3, -0.25) is 0 Å². The minimum absolute atomic E-state index is 0. The van der Waals surface area contributed by atoms with Gasteiger partial charge in [-0.15, -0.1) is 0 Å². The fourth-order valence-corrected chi connectivity index (χ4v) is 2.82. The molecule has 260 valence electrons. The Kier molecular flexibility index (Phi) is 51.7. The molecule has 0 aromatic carbocycles. The number of esters is 2. The van der Waals surface area contributed by atoms with Crippen molar-refractivity contribution in [2.24, 2.45) is 0 Å². The molecule has 0 saturated heterocycles. The number of unbranched alkanes of at least 4 members (excludes halogenated alkanes) is 10. The van der Waals surface area contributed by atoms with Gasteiger partial charge in [-0.05, 0) is 26.0 Å². The van der Waals surface area contributed by atoms with E-state index in [1.165, 1.54) is 64.2 Å². The molecule has 0 aromatic rings. The summed E-state index contributed by atoms with van der Waals surface area (Å²) < 4.78 is 19.2. The summed E-state index contributed by atoms with van der Waals surface area (Å²) >= 11 is 0. The maximum absolute atomic E-state index is 10.8. The van der Waals surface area contributed by atoms with E-state index in [2.05, 4.69) is 37.2 Å². The van der Waals surface area contributed by atoms with E-state index < -0.39 is 23.9 Å². The normalized spacial score (nSPS) is 11.4. The van der Waals surface area contributed by atoms with Gasteiger partial charge in [0, 0.05) is 39.2 Å². The largest absolute Gasteiger partial charge is 2.00 e. The first kappa shape index (κ1) is 52.6. The number of carbonyl (C=O) groups is 4. The van der Waals surface area contributed by atoms with E-state index >= 15 is 0 Å². The molecule has 2 unspecified atom stereocenters. The molecule has 10 nitrogen and oxygen atoms in total. The molecule has 45 heavy (non-hydrogen) atoms. The van der Waals surface area contributed by atoms with Crippen molar-refractivity contribution < 1.29 is 48.3 Å². The zero-order valence-corrected chi connectivity index (χ0v) is 31.6. The van der Waals surface area contributed by atoms with Crippen LogP contribution in [-0.2, 0) is 38.1 Å². The molecule has 0 spiro atoms. The van der Waals surface area contributed by atoms with Crippen LogP contribution in [0.4, 0.5) is 0 Å². The van der Waals surface area contributed by atoms with Gasteiger partial charge in [-0.25, -0.2) is 9.59 Å². The molecule has 0 heterocycles. The van der Waals surface area contributed by atoms with Crippen molar-refractivity contribution in [3.05, 3.63) is 38.2 Å². The molecule has 0 fully saturated rings. The Labute approximate surface area is 290 Å². The van der Waals surface area contributed by atoms with E-state index in [0.717, 1.165) is 25.0 Å². The number of hydrogen-bond acceptors (Lipinski definition) is 10. The number of aliphatic carboxylic acids is 2. The minimum Gasteiger partial charge on any atom is -0.545 e. The molecule has 11 heteroatoms. The van der Waals surface area contributed by atoms with Gasteiger partial charge >= 0.3 is 35.8 Å². The van der Waals surface area contributed by atoms with Crippen LogP contribution in [0.2, 0.25) is 0 Å². The molecule has 0 aliphatic heterocycles. The summed E-state index contributed by atoms with van der Waals surface area (Å²) in [7, 11) is 3.12. The Morgan fingerprint density at radius 1 is 0.600 bits per heavy atom. The summed E-state index contributed by atoms with van der Waals surface area (Å²) in [6.45, 7) is 16.1. The number of methoxy groups -OCH3 is 2. The van der Waals surface area contributed by atoms with Gasteiger partial charge in [0.1, 0.15) is 0 Å². The summed E-state index contributed by atoms with van der Waals surface area (Å²) in [5.41, 5.74) is 0. The molecular formula is C34H60O10Sn. The van der Waals surface area contributed by atoms with Crippen LogP contribution in [0.15, 0.2) is 24.3 Å². The summed E-state index contributed by atoms with van der Waals surface area (Å²) in [4.78, 5) is 41.4. The van der Waals surface area contributed by atoms with E-state index in [-0.39, 0.29) is 49.3 Å². The van der Waals surface area contributed by atoms with Crippen molar-refractivity contribution in [3.63, 3.8) is 0 Å². The third-order valence-corrected chi connectivity index (χ3v) is 5.76. The second-order valence-electron chi connectivity index (χ2n) is 9.85. The molecule has 0 saturated carbocycles. The van der Waals surface area contributed by atoms with Gasteiger partial charge in [-0.1, -0.05) is 105 Å². The van der Waals surface area contributed by atoms with E-state index in [1.54, 1.807) is 14.2 Å². The first-order valence-corrected chi connectivity index (χ1v) is 15.7. The number of ether oxygens (including phenoxy) is 4. The number of carbonyl (C=O) groups excluding carboxylic acids is 4. The molecule has 0 rings (SSSR count). The summed E-state index contributed by atoms with van der Waals surface area (Å²) in [6, 6.07) is 0. The second-order valence-corrected chi connectivity index (χ2v) is 9.85. The van der Waals surface area contributed by atoms with Crippen molar-refractivity contribution in [2.45, 2.75) is 130 Å². The van der Waals surface area contributed by atoms with Gasteiger partial charge in [0.15, 0.2) is 0 Å². The van der Waals surface area contributed by atoms with Gasteiger partial charge < -0.3 is 38.7 Å². The molecule has 0 aromatic heterocycles. The van der Waals surface area contributed by atoms with Gasteiger partial charge in [0.25, 0.3) is 0 Å². The van der Waals surface area contributed by atoms with Gasteiger partial charge in [0.2, 0.25) is 0 Å². The number of hydrogen-bond donors (Lipinski definition) is 0. The van der Waals surface area contributed by atoms with Gasteiger partial charge in [-0.2, -0.15) is 0 Å². The van der Waals surface area contributed by atoms with Gasteiger partial charge in [0.05, 0.1) is 37.4 Å². The van der Waals surface area contributed by atoms with E-state index in [1.807, 2.05) is 13.8 Å². The first-order chi connectivity index (χ1) is 20.9. The van der Waals surface area contributed by atoms with Crippen LogP contribution in [0.1, 0.15) is 118 Å². The van der Waals surface area contributed by atoms with Crippen LogP contribution in [0.3, 0.4) is 0 Å². The molecule has 0 bridgehead atoms. The SMILES string of the molecule is COC(C)CCOC(=O)/C=C\C(=O)[O-].COC(C)CCOC(=O)/C=C\C(=O)[O-].[CH2]CCCCCCC.[CH2]CCCCCCC.[Sn+2]. The average molecular weight is 748 g/mol. The number of carboxylic acid groups (broad SMARTS) is 2. The number of rotatable bonds is 22. The van der Waals surface area contributed by atoms with E-state index in [9.17, 15) is 29.4 Å². The third-order valence-electron chi connectivity index (χ3n) is 5.76. The maximum Gasteiger partial charge on any atom is 2.00 e. The quantitative estimate of drug-likeness (QED) is 0.0670. The Morgan fingerprint density at radius 2 is 0.911 bits per heavy atom. The standard InChI is InChI=1S/2C9H14O5.2C8H17.Sn/c2*1-7(13-2)5-6-14-9(12)4-3-8(10)11;2*1-3-5-7-8-6-4-2;/h2*3-4,7H,5-6H2,1-2H3,(H,10,11);2*1,3-8H2,2H3;/q;;;;+2/p-2/b2*4-3-;;;. The molecule has 4 radical (unpaired) electrons. The van der Waals surface area contributed by atoms with Crippen molar-refractivity contribution in [2.75, 3.05) is 27.4 Å². The zero-order valence-electron chi connectivity index (χ0n) is 28.8. The molecule has 0 aliphatic rings.